The van der Waals surface area contributed by atoms with E-state index in [1.165, 1.54) is 0 Å². The predicted molar refractivity (Wildman–Crippen MR) is 37.6 cm³/mol. The van der Waals surface area contributed by atoms with Gasteiger partial charge in [0.25, 0.3) is 0 Å². The lowest BCUT2D eigenvalue weighted by atomic mass is 11.0. The number of rotatable bonds is 2. The smallest absolute Gasteiger partial charge is 0.0631 e. The van der Waals surface area contributed by atoms with Crippen molar-refractivity contribution >= 4 is 18.1 Å². The second-order valence-electron chi connectivity index (χ2n) is 1.39. The topological polar surface area (TPSA) is 20.2 Å². The highest BCUT2D eigenvalue weighted by atomic mass is 32.4. The van der Waals surface area contributed by atoms with Gasteiger partial charge in [0, 0.05) is 1.37 Å². The zero-order valence-corrected chi connectivity index (χ0v) is 6.13. The zero-order valence-electron chi connectivity index (χ0n) is 5.42. The zero-order chi connectivity index (χ0) is 6.62. The first kappa shape index (κ1) is 5.74. The van der Waals surface area contributed by atoms with Crippen LogP contribution in [0.5, 0.6) is 0 Å². The third-order valence-corrected chi connectivity index (χ3v) is 3.85. The fraction of sp³-hybridized carbons (Fsp3) is 1.00. The summed E-state index contributed by atoms with van der Waals surface area (Å²) in [5.41, 5.74) is 0. The van der Waals surface area contributed by atoms with Gasteiger partial charge in [0.15, 0.2) is 0 Å². The highest BCUT2D eigenvalue weighted by Crippen LogP contribution is 2.38. The third-order valence-electron chi connectivity index (χ3n) is 0.844. The molecule has 1 nitrogen and oxygen atoms in total. The second kappa shape index (κ2) is 2.81. The monoisotopic (exact) mass is 139 g/mol. The Bertz CT molecular complexity index is 106. The molecule has 0 aliphatic heterocycles. The summed E-state index contributed by atoms with van der Waals surface area (Å²) in [5, 5.41) is 0. The van der Waals surface area contributed by atoms with Crippen molar-refractivity contribution in [2.24, 2.45) is 0 Å². The first-order valence-corrected chi connectivity index (χ1v) is 5.35. The van der Waals surface area contributed by atoms with Gasteiger partial charge in [0.2, 0.25) is 0 Å². The van der Waals surface area contributed by atoms with Gasteiger partial charge in [-0.2, -0.15) is 0 Å². The largest absolute Gasteiger partial charge is 0.365 e. The van der Waals surface area contributed by atoms with Crippen LogP contribution in [0.1, 0.15) is 15.2 Å². The van der Waals surface area contributed by atoms with E-state index in [9.17, 15) is 0 Å². The van der Waals surface area contributed by atoms with Gasteiger partial charge in [-0.1, -0.05) is 25.6 Å². The first-order chi connectivity index (χ1) is 3.62. The molecule has 44 valence electrons. The average molecular weight is 139 g/mol. The second-order valence-corrected chi connectivity index (χ2v) is 6.20. The lowest BCUT2D eigenvalue weighted by Crippen LogP contribution is -1.83. The molecule has 7 heavy (non-hydrogen) atoms. The van der Waals surface area contributed by atoms with Gasteiger partial charge in [-0.25, -0.2) is 0 Å². The highest BCUT2D eigenvalue weighted by molar-refractivity contribution is 8.11. The van der Waals surface area contributed by atoms with Crippen LogP contribution in [0.3, 0.4) is 0 Å². The van der Waals surface area contributed by atoms with Crippen LogP contribution < -0.4 is 0 Å². The molecule has 0 saturated heterocycles. The van der Waals surface area contributed by atoms with Crippen LogP contribution in [-0.2, 0) is 11.8 Å². The van der Waals surface area contributed by atoms with Crippen molar-refractivity contribution in [3.05, 3.63) is 0 Å². The summed E-state index contributed by atoms with van der Waals surface area (Å²) in [6, 6.07) is 0. The van der Waals surface area contributed by atoms with Crippen molar-refractivity contribution in [1.29, 1.82) is 0 Å². The maximum absolute atomic E-state index is 9.13. The van der Waals surface area contributed by atoms with Gasteiger partial charge in [0.05, 0.1) is 6.26 Å². The van der Waals surface area contributed by atoms with Crippen molar-refractivity contribution in [2.45, 2.75) is 13.8 Å². The molecule has 0 rings (SSSR count). The van der Waals surface area contributed by atoms with E-state index in [1.807, 2.05) is 6.92 Å². The van der Waals surface area contributed by atoms with Crippen LogP contribution in [0.4, 0.5) is 0 Å². The summed E-state index contributed by atoms with van der Waals surface area (Å²) in [4.78, 5) is 9.13. The van der Waals surface area contributed by atoms with E-state index < -0.39 is 6.26 Å². The van der Waals surface area contributed by atoms with Crippen LogP contribution in [0.2, 0.25) is 0 Å². The van der Waals surface area contributed by atoms with Crippen LogP contribution in [0, 0.1) is 0 Å². The van der Waals surface area contributed by atoms with Crippen LogP contribution in [0.25, 0.3) is 0 Å². The quantitative estimate of drug-likeness (QED) is 0.584. The first-order valence-electron chi connectivity index (χ1n) is 2.93. The van der Waals surface area contributed by atoms with Crippen LogP contribution in [0.15, 0.2) is 0 Å². The van der Waals surface area contributed by atoms with Crippen molar-refractivity contribution in [1.82, 2.24) is 0 Å². The van der Waals surface area contributed by atoms with Gasteiger partial charge in [0.1, 0.15) is 0 Å². The number of hydrogen-bond donors (Lipinski definition) is 1. The molecule has 0 aromatic rings. The van der Waals surface area contributed by atoms with E-state index in [-0.39, 0.29) is 6.90 Å². The molecule has 1 atom stereocenters. The summed E-state index contributed by atoms with van der Waals surface area (Å²) in [6.45, 7) is 2.14. The molecule has 1 unspecified atom stereocenters. The van der Waals surface area contributed by atoms with Crippen LogP contribution >= 0.6 is 6.26 Å². The van der Waals surface area contributed by atoms with E-state index in [4.69, 9.17) is 18.1 Å². The molecule has 0 heterocycles. The molecule has 0 saturated carbocycles. The van der Waals surface area contributed by atoms with Crippen molar-refractivity contribution < 1.29 is 6.26 Å². The van der Waals surface area contributed by atoms with E-state index in [1.54, 1.807) is 0 Å². The Kier molecular flexibility index (Phi) is 2.30. The summed E-state index contributed by atoms with van der Waals surface area (Å²) < 4.78 is 6.76. The van der Waals surface area contributed by atoms with E-state index in [2.05, 4.69) is 0 Å². The molecular weight excluding hydrogens is 127 g/mol. The van der Waals surface area contributed by atoms with Crippen LogP contribution in [-0.4, -0.2) is 17.2 Å². The molecule has 0 aromatic carbocycles. The SMILES string of the molecule is [2H]CCP(O)(=S)CC. The molecule has 3 heteroatoms. The fourth-order valence-electron chi connectivity index (χ4n) is 0.158. The molecule has 0 bridgehead atoms. The fourth-order valence-corrected chi connectivity index (χ4v) is 0.474. The minimum Gasteiger partial charge on any atom is -0.365 e. The molecule has 1 N–H and O–H groups in total. The average Bonchev–Trinajstić information content (AvgIpc) is 1.67. The molecule has 0 amide bonds. The Morgan fingerprint density at radius 2 is 2.43 bits per heavy atom. The lowest BCUT2D eigenvalue weighted by Gasteiger charge is -2.06. The van der Waals surface area contributed by atoms with Crippen molar-refractivity contribution in [3.63, 3.8) is 0 Å². The molecule has 0 aliphatic rings. The van der Waals surface area contributed by atoms with E-state index in [0.717, 1.165) is 0 Å². The number of hydrogen-bond acceptors (Lipinski definition) is 1. The summed E-state index contributed by atoms with van der Waals surface area (Å²) in [7, 11) is 0. The standard InChI is InChI=1S/C4H11OPS/c1-3-6(5,7)4-2/h3-4H2,1-2H3,(H,5,7)/i1D. The Labute approximate surface area is 51.2 Å². The van der Waals surface area contributed by atoms with Gasteiger partial charge in [-0.3, -0.25) is 0 Å². The summed E-state index contributed by atoms with van der Waals surface area (Å²) in [5.74, 6) is 0. The van der Waals surface area contributed by atoms with Crippen molar-refractivity contribution in [3.8, 4) is 0 Å². The summed E-state index contributed by atoms with van der Waals surface area (Å²) in [6.07, 6.45) is -0.847. The molecule has 0 aromatic heterocycles. The maximum atomic E-state index is 9.13. The van der Waals surface area contributed by atoms with Gasteiger partial charge in [-0.05, 0) is 12.3 Å². The van der Waals surface area contributed by atoms with E-state index in [0.29, 0.717) is 12.3 Å². The summed E-state index contributed by atoms with van der Waals surface area (Å²) >= 11 is 4.79. The lowest BCUT2D eigenvalue weighted by molar-refractivity contribution is 0.623. The third kappa shape index (κ3) is 3.22. The van der Waals surface area contributed by atoms with Crippen molar-refractivity contribution in [2.75, 3.05) is 12.3 Å². The normalized spacial score (nSPS) is 20.6. The Morgan fingerprint density at radius 1 is 1.86 bits per heavy atom. The molecular formula is C4H11OPS. The molecule has 0 aliphatic carbocycles. The van der Waals surface area contributed by atoms with Gasteiger partial charge >= 0.3 is 0 Å². The highest BCUT2D eigenvalue weighted by Gasteiger charge is 2.02. The Hall–Kier alpha value is 0.610. The van der Waals surface area contributed by atoms with Gasteiger partial charge in [-0.15, -0.1) is 0 Å². The van der Waals surface area contributed by atoms with Gasteiger partial charge < -0.3 is 4.89 Å². The predicted octanol–water partition coefficient (Wildman–Crippen LogP) is 1.41. The molecule has 0 spiro atoms. The van der Waals surface area contributed by atoms with E-state index >= 15 is 0 Å². The Morgan fingerprint density at radius 3 is 2.57 bits per heavy atom. The molecule has 0 radical (unpaired) electrons. The molecule has 0 fully saturated rings. The Balaban J connectivity index is 3.55. The maximum Gasteiger partial charge on any atom is 0.0631 e. The minimum atomic E-state index is -2.03. The minimum absolute atomic E-state index is 0.265.